The molecule has 2 atom stereocenters. The van der Waals surface area contributed by atoms with E-state index in [4.69, 9.17) is 0 Å². The zero-order valence-electron chi connectivity index (χ0n) is 9.12. The number of amides is 1. The van der Waals surface area contributed by atoms with Crippen molar-refractivity contribution in [2.24, 2.45) is 11.8 Å². The van der Waals surface area contributed by atoms with Gasteiger partial charge in [0, 0.05) is 18.5 Å². The number of nitrogens with one attached hydrogen (secondary N) is 1. The van der Waals surface area contributed by atoms with Crippen molar-refractivity contribution >= 4 is 5.91 Å². The topological polar surface area (TPSA) is 32.3 Å². The number of hydrogen-bond acceptors (Lipinski definition) is 2. The van der Waals surface area contributed by atoms with E-state index >= 15 is 0 Å². The lowest BCUT2D eigenvalue weighted by molar-refractivity contribution is -0.135. The zero-order chi connectivity index (χ0) is 10.1. The molecule has 0 aromatic heterocycles. The summed E-state index contributed by atoms with van der Waals surface area (Å²) < 4.78 is 0. The van der Waals surface area contributed by atoms with Gasteiger partial charge in [0.15, 0.2) is 0 Å². The minimum Gasteiger partial charge on any atom is -0.339 e. The van der Waals surface area contributed by atoms with Crippen LogP contribution in [0.25, 0.3) is 0 Å². The molecule has 0 aromatic carbocycles. The van der Waals surface area contributed by atoms with Crippen LogP contribution in [0.15, 0.2) is 0 Å². The van der Waals surface area contributed by atoms with E-state index in [2.05, 4.69) is 10.2 Å². The van der Waals surface area contributed by atoms with Crippen LogP contribution in [0, 0.1) is 11.8 Å². The predicted molar refractivity (Wildman–Crippen MR) is 55.9 cm³/mol. The Morgan fingerprint density at radius 2 is 2.21 bits per heavy atom. The van der Waals surface area contributed by atoms with Crippen LogP contribution in [0.4, 0.5) is 0 Å². The highest BCUT2D eigenvalue weighted by atomic mass is 16.2. The van der Waals surface area contributed by atoms with Gasteiger partial charge in [0.2, 0.25) is 5.91 Å². The molecule has 3 nitrogen and oxygen atoms in total. The first-order chi connectivity index (χ1) is 6.70. The first-order valence-electron chi connectivity index (χ1n) is 5.71. The van der Waals surface area contributed by atoms with E-state index in [1.807, 2.05) is 13.8 Å². The largest absolute Gasteiger partial charge is 0.339 e. The van der Waals surface area contributed by atoms with Crippen LogP contribution in [0.2, 0.25) is 0 Å². The number of fused-ring (bicyclic) bond motifs is 1. The molecule has 0 aliphatic carbocycles. The lowest BCUT2D eigenvalue weighted by atomic mass is 9.94. The molecule has 2 aliphatic rings. The number of carbonyl (C=O) groups is 1. The first-order valence-corrected chi connectivity index (χ1v) is 5.71. The molecule has 0 radical (unpaired) electrons. The monoisotopic (exact) mass is 196 g/mol. The SMILES string of the molecule is CC(C)C(=O)N1CC[C@H]2CNCC[C@@H]21. The molecule has 14 heavy (non-hydrogen) atoms. The highest BCUT2D eigenvalue weighted by Gasteiger charge is 2.38. The standard InChI is InChI=1S/C11H20N2O/c1-8(2)11(14)13-6-4-9-7-12-5-3-10(9)13/h8-10,12H,3-7H2,1-2H3/t9-,10-/m0/s1. The summed E-state index contributed by atoms with van der Waals surface area (Å²) >= 11 is 0. The number of rotatable bonds is 1. The second kappa shape index (κ2) is 3.89. The van der Waals surface area contributed by atoms with Crippen molar-refractivity contribution in [3.05, 3.63) is 0 Å². The van der Waals surface area contributed by atoms with Crippen LogP contribution in [0.3, 0.4) is 0 Å². The molecule has 1 amide bonds. The molecular formula is C11H20N2O. The Labute approximate surface area is 85.8 Å². The number of hydrogen-bond donors (Lipinski definition) is 1. The quantitative estimate of drug-likeness (QED) is 0.674. The summed E-state index contributed by atoms with van der Waals surface area (Å²) in [7, 11) is 0. The Morgan fingerprint density at radius 3 is 2.93 bits per heavy atom. The van der Waals surface area contributed by atoms with Gasteiger partial charge < -0.3 is 10.2 Å². The normalized spacial score (nSPS) is 32.1. The number of nitrogens with zero attached hydrogens (tertiary/aromatic N) is 1. The van der Waals surface area contributed by atoms with E-state index in [0.29, 0.717) is 17.9 Å². The molecule has 0 aromatic rings. The Bertz CT molecular complexity index is 227. The summed E-state index contributed by atoms with van der Waals surface area (Å²) in [6.07, 6.45) is 2.33. The second-order valence-electron chi connectivity index (χ2n) is 4.80. The smallest absolute Gasteiger partial charge is 0.225 e. The Kier molecular flexibility index (Phi) is 2.77. The molecule has 0 bridgehead atoms. The van der Waals surface area contributed by atoms with Crippen molar-refractivity contribution in [3.8, 4) is 0 Å². The maximum Gasteiger partial charge on any atom is 0.225 e. The summed E-state index contributed by atoms with van der Waals surface area (Å²) in [5, 5.41) is 3.41. The van der Waals surface area contributed by atoms with Crippen LogP contribution in [0.1, 0.15) is 26.7 Å². The molecule has 2 saturated heterocycles. The summed E-state index contributed by atoms with van der Waals surface area (Å²) in [4.78, 5) is 14.0. The van der Waals surface area contributed by atoms with E-state index in [0.717, 1.165) is 26.1 Å². The van der Waals surface area contributed by atoms with E-state index in [1.54, 1.807) is 0 Å². The van der Waals surface area contributed by atoms with Gasteiger partial charge in [-0.05, 0) is 31.8 Å². The average Bonchev–Trinajstić information content (AvgIpc) is 2.60. The summed E-state index contributed by atoms with van der Waals surface area (Å²) in [5.41, 5.74) is 0. The molecule has 2 rings (SSSR count). The van der Waals surface area contributed by atoms with E-state index < -0.39 is 0 Å². The van der Waals surface area contributed by atoms with Crippen LogP contribution in [-0.2, 0) is 4.79 Å². The molecule has 1 N–H and O–H groups in total. The molecular weight excluding hydrogens is 176 g/mol. The molecule has 2 heterocycles. The Balaban J connectivity index is 2.03. The van der Waals surface area contributed by atoms with Crippen molar-refractivity contribution in [2.75, 3.05) is 19.6 Å². The van der Waals surface area contributed by atoms with Gasteiger partial charge in [-0.2, -0.15) is 0 Å². The van der Waals surface area contributed by atoms with Gasteiger partial charge in [-0.25, -0.2) is 0 Å². The van der Waals surface area contributed by atoms with Gasteiger partial charge in [0.25, 0.3) is 0 Å². The van der Waals surface area contributed by atoms with Gasteiger partial charge in [0.1, 0.15) is 0 Å². The minimum atomic E-state index is 0.156. The molecule has 80 valence electrons. The van der Waals surface area contributed by atoms with Crippen molar-refractivity contribution in [3.63, 3.8) is 0 Å². The third kappa shape index (κ3) is 1.65. The second-order valence-corrected chi connectivity index (χ2v) is 4.80. The Hall–Kier alpha value is -0.570. The van der Waals surface area contributed by atoms with Crippen molar-refractivity contribution in [2.45, 2.75) is 32.7 Å². The van der Waals surface area contributed by atoms with Crippen LogP contribution in [-0.4, -0.2) is 36.5 Å². The number of likely N-dealkylation sites (tertiary alicyclic amines) is 1. The van der Waals surface area contributed by atoms with Crippen LogP contribution < -0.4 is 5.32 Å². The van der Waals surface area contributed by atoms with Gasteiger partial charge in [0.05, 0.1) is 0 Å². The molecule has 2 aliphatic heterocycles. The van der Waals surface area contributed by atoms with Gasteiger partial charge in [-0.3, -0.25) is 4.79 Å². The fourth-order valence-corrected chi connectivity index (χ4v) is 2.69. The summed E-state index contributed by atoms with van der Waals surface area (Å²) in [6.45, 7) is 7.15. The lowest BCUT2D eigenvalue weighted by Gasteiger charge is -2.33. The molecule has 0 saturated carbocycles. The third-order valence-electron chi connectivity index (χ3n) is 3.49. The average molecular weight is 196 g/mol. The van der Waals surface area contributed by atoms with Crippen LogP contribution >= 0.6 is 0 Å². The highest BCUT2D eigenvalue weighted by molar-refractivity contribution is 5.78. The van der Waals surface area contributed by atoms with Crippen molar-refractivity contribution in [1.29, 1.82) is 0 Å². The van der Waals surface area contributed by atoms with E-state index in [-0.39, 0.29) is 5.92 Å². The predicted octanol–water partition coefficient (Wildman–Crippen LogP) is 0.853. The first kappa shape index (κ1) is 9.97. The Morgan fingerprint density at radius 1 is 1.43 bits per heavy atom. The van der Waals surface area contributed by atoms with Gasteiger partial charge >= 0.3 is 0 Å². The maximum absolute atomic E-state index is 11.9. The van der Waals surface area contributed by atoms with Crippen LogP contribution in [0.5, 0.6) is 0 Å². The summed E-state index contributed by atoms with van der Waals surface area (Å²) in [5.74, 6) is 1.22. The maximum atomic E-state index is 11.9. The third-order valence-corrected chi connectivity index (χ3v) is 3.49. The summed E-state index contributed by atoms with van der Waals surface area (Å²) in [6, 6.07) is 0.533. The van der Waals surface area contributed by atoms with Crippen molar-refractivity contribution in [1.82, 2.24) is 10.2 Å². The molecule has 2 fully saturated rings. The minimum absolute atomic E-state index is 0.156. The fourth-order valence-electron chi connectivity index (χ4n) is 2.69. The lowest BCUT2D eigenvalue weighted by Crippen LogP contribution is -2.46. The number of carbonyl (C=O) groups excluding carboxylic acids is 1. The molecule has 0 unspecified atom stereocenters. The van der Waals surface area contributed by atoms with Gasteiger partial charge in [-0.15, -0.1) is 0 Å². The van der Waals surface area contributed by atoms with E-state index in [9.17, 15) is 4.79 Å². The zero-order valence-corrected chi connectivity index (χ0v) is 9.12. The van der Waals surface area contributed by atoms with E-state index in [1.165, 1.54) is 6.42 Å². The highest BCUT2D eigenvalue weighted by Crippen LogP contribution is 2.29. The van der Waals surface area contributed by atoms with Crippen molar-refractivity contribution < 1.29 is 4.79 Å². The number of piperidine rings is 1. The fraction of sp³-hybridized carbons (Fsp3) is 0.909. The molecule has 3 heteroatoms. The molecule has 0 spiro atoms. The van der Waals surface area contributed by atoms with Gasteiger partial charge in [-0.1, -0.05) is 13.8 Å².